The van der Waals surface area contributed by atoms with Crippen molar-refractivity contribution in [2.45, 2.75) is 136 Å². The van der Waals surface area contributed by atoms with E-state index >= 15 is 0 Å². The van der Waals surface area contributed by atoms with Gasteiger partial charge < -0.3 is 29.0 Å². The number of aryl methyl sites for hydroxylation is 1. The molecular formula is C36H61N7O7Si. The number of hydrazine groups is 1. The van der Waals surface area contributed by atoms with E-state index in [4.69, 9.17) is 34.9 Å². The van der Waals surface area contributed by atoms with Gasteiger partial charge in [0.1, 0.15) is 23.1 Å². The topological polar surface area (TPSA) is 174 Å². The summed E-state index contributed by atoms with van der Waals surface area (Å²) in [5.41, 5.74) is 9.18. The van der Waals surface area contributed by atoms with E-state index in [1.807, 2.05) is 32.9 Å². The summed E-state index contributed by atoms with van der Waals surface area (Å²) in [6.07, 6.45) is 2.52. The predicted octanol–water partition coefficient (Wildman–Crippen LogP) is 6.86. The molecule has 0 saturated carbocycles. The highest BCUT2D eigenvalue weighted by Crippen LogP contribution is 2.39. The van der Waals surface area contributed by atoms with Crippen molar-refractivity contribution in [2.75, 3.05) is 32.7 Å². The molecular weight excluding hydrogens is 671 g/mol. The molecule has 0 bridgehead atoms. The highest BCUT2D eigenvalue weighted by atomic mass is 28.4. The lowest BCUT2D eigenvalue weighted by Gasteiger charge is -2.41. The Morgan fingerprint density at radius 3 is 2.35 bits per heavy atom. The maximum Gasteiger partial charge on any atom is 0.407 e. The molecule has 0 saturated heterocycles. The molecule has 14 nitrogen and oxygen atoms in total. The third kappa shape index (κ3) is 11.8. The van der Waals surface area contributed by atoms with Crippen LogP contribution in [0.5, 0.6) is 5.75 Å². The van der Waals surface area contributed by atoms with E-state index in [0.717, 1.165) is 16.7 Å². The molecule has 1 aromatic carbocycles. The zero-order chi connectivity index (χ0) is 38.4. The fourth-order valence-electron chi connectivity index (χ4n) is 5.57. The first-order valence-electron chi connectivity index (χ1n) is 17.8. The lowest BCUT2D eigenvalue weighted by atomic mass is 9.89. The standard InChI is InChI=1S/C36H61N7O7Si/c1-33(2,3)47-31(44)36(10,50-38)30-17-15-26-20-25(14-16-29(26)46-30)27-22-42(19-13-18-40-41-37)43(23-27)24-28(49-51(11,12)35(7,8)9)21-39-32(45)48-34(4,5)6/h14,16,20,23,28,30H,13,15,17-19,21-22,24,38H2,1-12H3,(H,39,45)/t28-,30+,36-/m0/s1. The first-order valence-corrected chi connectivity index (χ1v) is 20.7. The average Bonchev–Trinajstić information content (AvgIpc) is 3.40. The largest absolute Gasteiger partial charge is 0.486 e. The van der Waals surface area contributed by atoms with Crippen LogP contribution in [-0.4, -0.2) is 92.1 Å². The zero-order valence-corrected chi connectivity index (χ0v) is 33.8. The van der Waals surface area contributed by atoms with Gasteiger partial charge in [0.2, 0.25) is 5.60 Å². The Kier molecular flexibility index (Phi) is 13.7. The predicted molar refractivity (Wildman–Crippen MR) is 200 cm³/mol. The van der Waals surface area contributed by atoms with Gasteiger partial charge in [-0.25, -0.2) is 20.5 Å². The van der Waals surface area contributed by atoms with Crippen LogP contribution in [0.1, 0.15) is 93.2 Å². The summed E-state index contributed by atoms with van der Waals surface area (Å²) in [5.74, 6) is 5.75. The van der Waals surface area contributed by atoms with Crippen molar-refractivity contribution in [3.05, 3.63) is 46.0 Å². The summed E-state index contributed by atoms with van der Waals surface area (Å²) in [4.78, 5) is 33.9. The lowest BCUT2D eigenvalue weighted by Crippen LogP contribution is -2.56. The number of alkyl carbamates (subject to hydrolysis) is 1. The third-order valence-corrected chi connectivity index (χ3v) is 13.9. The number of nitrogens with two attached hydrogens (primary N) is 1. The molecule has 0 radical (unpaired) electrons. The van der Waals surface area contributed by atoms with Gasteiger partial charge in [0, 0.05) is 37.3 Å². The number of esters is 1. The molecule has 51 heavy (non-hydrogen) atoms. The number of nitrogens with zero attached hydrogens (tertiary/aromatic N) is 5. The van der Waals surface area contributed by atoms with E-state index in [1.54, 1.807) is 27.7 Å². The summed E-state index contributed by atoms with van der Waals surface area (Å²) in [7, 11) is -2.23. The van der Waals surface area contributed by atoms with Gasteiger partial charge in [-0.1, -0.05) is 32.0 Å². The second kappa shape index (κ2) is 16.6. The number of ether oxygens (including phenoxy) is 3. The van der Waals surface area contributed by atoms with Gasteiger partial charge in [0.25, 0.3) is 0 Å². The van der Waals surface area contributed by atoms with E-state index in [0.29, 0.717) is 51.2 Å². The Morgan fingerprint density at radius 2 is 1.76 bits per heavy atom. The van der Waals surface area contributed by atoms with Crippen LogP contribution in [-0.2, 0) is 30.0 Å². The van der Waals surface area contributed by atoms with E-state index in [-0.39, 0.29) is 17.7 Å². The number of rotatable bonds is 14. The maximum atomic E-state index is 13.1. The molecule has 0 unspecified atom stereocenters. The Bertz CT molecular complexity index is 1460. The van der Waals surface area contributed by atoms with E-state index in [1.165, 1.54) is 0 Å². The maximum absolute atomic E-state index is 13.1. The van der Waals surface area contributed by atoms with Crippen LogP contribution in [0.2, 0.25) is 18.1 Å². The molecule has 0 spiro atoms. The minimum atomic E-state index is -2.23. The van der Waals surface area contributed by atoms with Crippen LogP contribution in [0.4, 0.5) is 4.79 Å². The number of fused-ring (bicyclic) bond motifs is 1. The molecule has 2 aliphatic heterocycles. The number of carbonyl (C=O) groups is 2. The molecule has 1 aromatic rings. The van der Waals surface area contributed by atoms with Crippen LogP contribution in [0.3, 0.4) is 0 Å². The first-order chi connectivity index (χ1) is 23.5. The monoisotopic (exact) mass is 731 g/mol. The molecule has 0 aliphatic carbocycles. The highest BCUT2D eigenvalue weighted by molar-refractivity contribution is 6.74. The smallest absolute Gasteiger partial charge is 0.407 e. The third-order valence-electron chi connectivity index (χ3n) is 9.33. The number of nitrogens with one attached hydrogen (secondary N) is 1. The Morgan fingerprint density at radius 1 is 1.10 bits per heavy atom. The number of carbonyl (C=O) groups excluding carboxylic acids is 2. The molecule has 0 fully saturated rings. The summed E-state index contributed by atoms with van der Waals surface area (Å²) in [6.45, 7) is 25.9. The van der Waals surface area contributed by atoms with Gasteiger partial charge in [-0.05, 0) is 120 Å². The van der Waals surface area contributed by atoms with E-state index in [9.17, 15) is 9.59 Å². The first kappa shape index (κ1) is 42.1. The fourth-order valence-corrected chi connectivity index (χ4v) is 6.91. The van der Waals surface area contributed by atoms with Crippen molar-refractivity contribution in [2.24, 2.45) is 11.0 Å². The number of azide groups is 1. The quantitative estimate of drug-likeness (QED) is 0.0391. The van der Waals surface area contributed by atoms with Crippen LogP contribution in [0.25, 0.3) is 16.0 Å². The van der Waals surface area contributed by atoms with Crippen molar-refractivity contribution in [3.63, 3.8) is 0 Å². The average molecular weight is 732 g/mol. The van der Waals surface area contributed by atoms with Gasteiger partial charge in [0.15, 0.2) is 8.32 Å². The SMILES string of the molecule is CC(C)(C)OC(=O)NC[C@@H](CN1C=C(c2ccc3c(c2)CC[C@H]([C@](C)(ON)C(=O)OC(C)(C)C)O3)CN1CCCN=[N+]=[N-])O[Si](C)(C)C(C)(C)C. The second-order valence-corrected chi connectivity index (χ2v) is 21.8. The van der Waals surface area contributed by atoms with Crippen molar-refractivity contribution in [3.8, 4) is 5.75 Å². The van der Waals surface area contributed by atoms with Crippen LogP contribution in [0, 0.1) is 0 Å². The molecule has 0 aromatic heterocycles. The van der Waals surface area contributed by atoms with Crippen LogP contribution >= 0.6 is 0 Å². The number of hydrogen-bond donors (Lipinski definition) is 2. The molecule has 3 rings (SSSR count). The van der Waals surface area contributed by atoms with Crippen molar-refractivity contribution < 1.29 is 33.1 Å². The number of hydrogen-bond acceptors (Lipinski definition) is 11. The van der Waals surface area contributed by atoms with Crippen LogP contribution < -0.4 is 16.0 Å². The van der Waals surface area contributed by atoms with Crippen molar-refractivity contribution in [1.29, 1.82) is 0 Å². The van der Waals surface area contributed by atoms with E-state index < -0.39 is 43.3 Å². The van der Waals surface area contributed by atoms with Crippen molar-refractivity contribution in [1.82, 2.24) is 15.3 Å². The highest BCUT2D eigenvalue weighted by Gasteiger charge is 2.48. The molecule has 286 valence electrons. The minimum absolute atomic E-state index is 0.0387. The van der Waals surface area contributed by atoms with Crippen LogP contribution in [0.15, 0.2) is 29.5 Å². The summed E-state index contributed by atoms with van der Waals surface area (Å²) < 4.78 is 24.3. The Hall–Kier alpha value is -3.33. The lowest BCUT2D eigenvalue weighted by molar-refractivity contribution is -0.196. The van der Waals surface area contributed by atoms with E-state index in [2.05, 4.69) is 71.5 Å². The molecule has 15 heteroatoms. The molecule has 1 amide bonds. The Balaban J connectivity index is 1.87. The van der Waals surface area contributed by atoms with Crippen molar-refractivity contribution >= 4 is 26.0 Å². The van der Waals surface area contributed by atoms with Gasteiger partial charge in [-0.3, -0.25) is 4.84 Å². The normalized spacial score (nSPS) is 18.8. The second-order valence-electron chi connectivity index (χ2n) is 17.0. The molecule has 2 heterocycles. The molecule has 3 atom stereocenters. The summed E-state index contributed by atoms with van der Waals surface area (Å²) in [6, 6.07) is 6.06. The molecule has 2 aliphatic rings. The fraction of sp³-hybridized carbons (Fsp3) is 0.722. The number of benzene rings is 1. The van der Waals surface area contributed by atoms with Gasteiger partial charge >= 0.3 is 12.1 Å². The Labute approximate surface area is 305 Å². The summed E-state index contributed by atoms with van der Waals surface area (Å²) in [5, 5.41) is 11.0. The minimum Gasteiger partial charge on any atom is -0.486 e. The number of amides is 1. The van der Waals surface area contributed by atoms with Gasteiger partial charge in [0.05, 0.1) is 12.6 Å². The van der Waals surface area contributed by atoms with Gasteiger partial charge in [-0.2, -0.15) is 0 Å². The van der Waals surface area contributed by atoms with Gasteiger partial charge in [-0.15, -0.1) is 0 Å². The zero-order valence-electron chi connectivity index (χ0n) is 32.8. The molecule has 3 N–H and O–H groups in total. The summed E-state index contributed by atoms with van der Waals surface area (Å²) >= 11 is 0.